The van der Waals surface area contributed by atoms with E-state index in [-0.39, 0.29) is 6.04 Å². The summed E-state index contributed by atoms with van der Waals surface area (Å²) in [6.45, 7) is 0. The van der Waals surface area contributed by atoms with Gasteiger partial charge in [0.2, 0.25) is 0 Å². The number of nitrogens with zero attached hydrogens (tertiary/aromatic N) is 2. The molecule has 1 aliphatic carbocycles. The van der Waals surface area contributed by atoms with Gasteiger partial charge < -0.3 is 5.73 Å². The molecule has 2 N–H and O–H groups in total. The van der Waals surface area contributed by atoms with Crippen molar-refractivity contribution in [2.75, 3.05) is 0 Å². The van der Waals surface area contributed by atoms with E-state index in [2.05, 4.69) is 9.59 Å². The number of fused-ring (bicyclic) bond motifs is 1. The SMILES string of the molecule is NC1CCc2nnsc21. The maximum Gasteiger partial charge on any atom is 0.0804 e. The first kappa shape index (κ1) is 5.32. The molecule has 0 aromatic carbocycles. The minimum atomic E-state index is 0.222. The highest BCUT2D eigenvalue weighted by atomic mass is 32.1. The van der Waals surface area contributed by atoms with E-state index in [0.29, 0.717) is 0 Å². The van der Waals surface area contributed by atoms with Crippen molar-refractivity contribution in [2.45, 2.75) is 18.9 Å². The van der Waals surface area contributed by atoms with E-state index in [1.54, 1.807) is 0 Å². The number of hydrogen-bond acceptors (Lipinski definition) is 4. The van der Waals surface area contributed by atoms with E-state index < -0.39 is 0 Å². The fraction of sp³-hybridized carbons (Fsp3) is 0.600. The van der Waals surface area contributed by atoms with Gasteiger partial charge in [0.25, 0.3) is 0 Å². The highest BCUT2D eigenvalue weighted by molar-refractivity contribution is 7.05. The molecule has 1 aromatic rings. The summed E-state index contributed by atoms with van der Waals surface area (Å²) in [5, 5.41) is 3.94. The molecule has 4 heteroatoms. The first-order valence-electron chi connectivity index (χ1n) is 2.94. The monoisotopic (exact) mass is 141 g/mol. The average Bonchev–Trinajstić information content (AvgIpc) is 2.35. The first-order chi connectivity index (χ1) is 4.38. The second kappa shape index (κ2) is 1.75. The molecule has 3 nitrogen and oxygen atoms in total. The molecule has 0 saturated heterocycles. The zero-order chi connectivity index (χ0) is 6.27. The molecule has 1 unspecified atom stereocenters. The average molecular weight is 141 g/mol. The van der Waals surface area contributed by atoms with Crippen LogP contribution in [0.2, 0.25) is 0 Å². The molecule has 0 aliphatic heterocycles. The van der Waals surface area contributed by atoms with E-state index in [1.807, 2.05) is 0 Å². The minimum Gasteiger partial charge on any atom is -0.323 e. The van der Waals surface area contributed by atoms with E-state index in [4.69, 9.17) is 5.73 Å². The smallest absolute Gasteiger partial charge is 0.0804 e. The van der Waals surface area contributed by atoms with Gasteiger partial charge in [0.1, 0.15) is 0 Å². The Bertz CT molecular complexity index is 220. The van der Waals surface area contributed by atoms with Gasteiger partial charge in [-0.3, -0.25) is 0 Å². The van der Waals surface area contributed by atoms with E-state index in [9.17, 15) is 0 Å². The van der Waals surface area contributed by atoms with Crippen molar-refractivity contribution < 1.29 is 0 Å². The quantitative estimate of drug-likeness (QED) is 0.572. The van der Waals surface area contributed by atoms with E-state index in [0.717, 1.165) is 18.5 Å². The van der Waals surface area contributed by atoms with Crippen LogP contribution in [0.5, 0.6) is 0 Å². The van der Waals surface area contributed by atoms with Gasteiger partial charge in [0, 0.05) is 6.04 Å². The number of aromatic nitrogens is 2. The van der Waals surface area contributed by atoms with Crippen LogP contribution >= 0.6 is 11.5 Å². The highest BCUT2D eigenvalue weighted by Crippen LogP contribution is 2.29. The Morgan fingerprint density at radius 2 is 2.56 bits per heavy atom. The Morgan fingerprint density at radius 3 is 3.33 bits per heavy atom. The summed E-state index contributed by atoms with van der Waals surface area (Å²) in [5.41, 5.74) is 6.84. The van der Waals surface area contributed by atoms with Gasteiger partial charge in [-0.2, -0.15) is 0 Å². The normalized spacial score (nSPS) is 24.3. The summed E-state index contributed by atoms with van der Waals surface area (Å²) in [5.74, 6) is 0. The van der Waals surface area contributed by atoms with Crippen molar-refractivity contribution in [3.05, 3.63) is 10.6 Å². The number of nitrogens with two attached hydrogens (primary N) is 1. The van der Waals surface area contributed by atoms with Crippen LogP contribution in [0.25, 0.3) is 0 Å². The lowest BCUT2D eigenvalue weighted by Gasteiger charge is -1.94. The van der Waals surface area contributed by atoms with Gasteiger partial charge in [-0.15, -0.1) is 5.10 Å². The molecule has 0 bridgehead atoms. The lowest BCUT2D eigenvalue weighted by molar-refractivity contribution is 0.716. The van der Waals surface area contributed by atoms with Crippen LogP contribution in [0.4, 0.5) is 0 Å². The summed E-state index contributed by atoms with van der Waals surface area (Å²) < 4.78 is 3.81. The lowest BCUT2D eigenvalue weighted by Crippen LogP contribution is -2.03. The zero-order valence-corrected chi connectivity index (χ0v) is 5.69. The third-order valence-electron chi connectivity index (χ3n) is 1.61. The summed E-state index contributed by atoms with van der Waals surface area (Å²) >= 11 is 1.43. The van der Waals surface area contributed by atoms with Crippen molar-refractivity contribution in [3.63, 3.8) is 0 Å². The molecular weight excluding hydrogens is 134 g/mol. The third kappa shape index (κ3) is 0.668. The van der Waals surface area contributed by atoms with Crippen LogP contribution in [0.3, 0.4) is 0 Å². The summed E-state index contributed by atoms with van der Waals surface area (Å²) in [7, 11) is 0. The van der Waals surface area contributed by atoms with Gasteiger partial charge in [0.15, 0.2) is 0 Å². The van der Waals surface area contributed by atoms with Crippen molar-refractivity contribution >= 4 is 11.5 Å². The van der Waals surface area contributed by atoms with Gasteiger partial charge >= 0.3 is 0 Å². The number of rotatable bonds is 0. The van der Waals surface area contributed by atoms with E-state index in [1.165, 1.54) is 16.4 Å². The molecule has 1 aliphatic rings. The first-order valence-corrected chi connectivity index (χ1v) is 3.72. The van der Waals surface area contributed by atoms with E-state index >= 15 is 0 Å². The fourth-order valence-electron chi connectivity index (χ4n) is 1.09. The molecule has 2 rings (SSSR count). The summed E-state index contributed by atoms with van der Waals surface area (Å²) in [6.07, 6.45) is 2.07. The molecule has 0 fully saturated rings. The van der Waals surface area contributed by atoms with Crippen molar-refractivity contribution in [1.82, 2.24) is 9.59 Å². The summed E-state index contributed by atoms with van der Waals surface area (Å²) in [4.78, 5) is 1.19. The molecule has 48 valence electrons. The van der Waals surface area contributed by atoms with Gasteiger partial charge in [-0.05, 0) is 24.4 Å². The second-order valence-electron chi connectivity index (χ2n) is 2.23. The standard InChI is InChI=1S/C5H7N3S/c6-3-1-2-4-5(3)9-8-7-4/h3H,1-2,6H2. The molecule has 0 saturated carbocycles. The lowest BCUT2D eigenvalue weighted by atomic mass is 10.3. The molecule has 0 radical (unpaired) electrons. The maximum atomic E-state index is 5.72. The molecule has 1 heterocycles. The van der Waals surface area contributed by atoms with Crippen LogP contribution in [0, 0.1) is 0 Å². The predicted molar refractivity (Wildman–Crippen MR) is 35.2 cm³/mol. The number of hydrogen-bond donors (Lipinski definition) is 1. The fourth-order valence-corrected chi connectivity index (χ4v) is 1.82. The molecule has 0 amide bonds. The van der Waals surface area contributed by atoms with Gasteiger partial charge in [0.05, 0.1) is 10.6 Å². The van der Waals surface area contributed by atoms with Crippen LogP contribution in [-0.2, 0) is 6.42 Å². The second-order valence-corrected chi connectivity index (χ2v) is 3.01. The van der Waals surface area contributed by atoms with Crippen LogP contribution in [0.1, 0.15) is 23.0 Å². The van der Waals surface area contributed by atoms with Crippen LogP contribution in [-0.4, -0.2) is 9.59 Å². The molecule has 1 atom stereocenters. The van der Waals surface area contributed by atoms with Gasteiger partial charge in [-0.25, -0.2) is 0 Å². The minimum absolute atomic E-state index is 0.222. The third-order valence-corrected chi connectivity index (χ3v) is 2.51. The van der Waals surface area contributed by atoms with Crippen molar-refractivity contribution in [2.24, 2.45) is 5.73 Å². The van der Waals surface area contributed by atoms with Crippen LogP contribution < -0.4 is 5.73 Å². The van der Waals surface area contributed by atoms with Gasteiger partial charge in [-0.1, -0.05) is 4.49 Å². The molecule has 9 heavy (non-hydrogen) atoms. The Labute approximate surface area is 57.0 Å². The Kier molecular flexibility index (Phi) is 1.03. The van der Waals surface area contributed by atoms with Crippen LogP contribution in [0.15, 0.2) is 0 Å². The topological polar surface area (TPSA) is 51.8 Å². The maximum absolute atomic E-state index is 5.72. The number of aryl methyl sites for hydroxylation is 1. The van der Waals surface area contributed by atoms with Crippen molar-refractivity contribution in [3.8, 4) is 0 Å². The predicted octanol–water partition coefficient (Wildman–Crippen LogP) is 0.484. The molecule has 1 aromatic heterocycles. The largest absolute Gasteiger partial charge is 0.323 e. The van der Waals surface area contributed by atoms with Crippen molar-refractivity contribution in [1.29, 1.82) is 0 Å². The molecular formula is C5H7N3S. The highest BCUT2D eigenvalue weighted by Gasteiger charge is 2.22. The zero-order valence-electron chi connectivity index (χ0n) is 4.87. The Hall–Kier alpha value is -0.480. The summed E-state index contributed by atoms with van der Waals surface area (Å²) in [6, 6.07) is 0.222. The Balaban J connectivity index is 2.49. The molecule has 0 spiro atoms. The Morgan fingerprint density at radius 1 is 1.67 bits per heavy atom.